The summed E-state index contributed by atoms with van der Waals surface area (Å²) in [6.45, 7) is 0.0736. The van der Waals surface area contributed by atoms with Gasteiger partial charge in [-0.2, -0.15) is 0 Å². The molecule has 4 N–H and O–H groups in total. The number of aliphatic hydroxyl groups excluding tert-OH is 1. The van der Waals surface area contributed by atoms with Crippen molar-refractivity contribution >= 4 is 11.6 Å². The van der Waals surface area contributed by atoms with E-state index in [-0.39, 0.29) is 17.3 Å². The van der Waals surface area contributed by atoms with Crippen molar-refractivity contribution < 1.29 is 14.9 Å². The van der Waals surface area contributed by atoms with Gasteiger partial charge in [-0.25, -0.2) is 0 Å². The van der Waals surface area contributed by atoms with Crippen LogP contribution in [0.25, 0.3) is 0 Å². The van der Waals surface area contributed by atoms with E-state index in [1.165, 1.54) is 13.2 Å². The van der Waals surface area contributed by atoms with Crippen molar-refractivity contribution in [3.8, 4) is 11.5 Å². The minimum absolute atomic E-state index is 0.0736. The third-order valence-corrected chi connectivity index (χ3v) is 2.25. The lowest BCUT2D eigenvalue weighted by molar-refractivity contribution is 0.186. The maximum absolute atomic E-state index is 9.43. The molecule has 1 atom stereocenters. The number of benzene rings is 1. The van der Waals surface area contributed by atoms with Crippen molar-refractivity contribution in [2.75, 3.05) is 13.7 Å². The molecule has 0 aliphatic carbocycles. The van der Waals surface area contributed by atoms with Crippen molar-refractivity contribution in [2.24, 2.45) is 5.73 Å². The third kappa shape index (κ3) is 2.09. The van der Waals surface area contributed by atoms with Crippen LogP contribution >= 0.6 is 11.6 Å². The number of phenolic OH excluding ortho intramolecular Hbond substituents is 1. The Kier molecular flexibility index (Phi) is 3.57. The summed E-state index contributed by atoms with van der Waals surface area (Å²) in [4.78, 5) is 0. The van der Waals surface area contributed by atoms with Gasteiger partial charge in [-0.05, 0) is 17.7 Å². The molecule has 14 heavy (non-hydrogen) atoms. The summed E-state index contributed by atoms with van der Waals surface area (Å²) in [5.74, 6) is 0.183. The zero-order valence-corrected chi connectivity index (χ0v) is 8.45. The van der Waals surface area contributed by atoms with E-state index in [9.17, 15) is 10.2 Å². The molecular formula is C9H12ClNO3. The van der Waals surface area contributed by atoms with E-state index in [1.54, 1.807) is 6.07 Å². The Morgan fingerprint density at radius 3 is 2.71 bits per heavy atom. The van der Waals surface area contributed by atoms with Gasteiger partial charge in [0.1, 0.15) is 16.5 Å². The molecule has 1 unspecified atom stereocenters. The van der Waals surface area contributed by atoms with Gasteiger partial charge in [0, 0.05) is 6.54 Å². The maximum Gasteiger partial charge on any atom is 0.141 e. The Bertz CT molecular complexity index is 330. The summed E-state index contributed by atoms with van der Waals surface area (Å²) in [5, 5.41) is 18.9. The first-order valence-corrected chi connectivity index (χ1v) is 4.42. The van der Waals surface area contributed by atoms with Crippen LogP contribution in [0.4, 0.5) is 0 Å². The predicted octanol–water partition coefficient (Wildman–Crippen LogP) is 1.05. The Labute approximate surface area is 86.9 Å². The molecule has 0 saturated carbocycles. The van der Waals surface area contributed by atoms with Gasteiger partial charge >= 0.3 is 0 Å². The van der Waals surface area contributed by atoms with Crippen LogP contribution in [-0.4, -0.2) is 23.9 Å². The fraction of sp³-hybridized carbons (Fsp3) is 0.333. The zero-order valence-electron chi connectivity index (χ0n) is 7.70. The van der Waals surface area contributed by atoms with E-state index < -0.39 is 6.10 Å². The fourth-order valence-electron chi connectivity index (χ4n) is 1.08. The van der Waals surface area contributed by atoms with E-state index in [2.05, 4.69) is 0 Å². The molecular weight excluding hydrogens is 206 g/mol. The molecule has 0 aliphatic rings. The first-order valence-electron chi connectivity index (χ1n) is 4.04. The minimum Gasteiger partial charge on any atom is -0.506 e. The maximum atomic E-state index is 9.43. The summed E-state index contributed by atoms with van der Waals surface area (Å²) in [6, 6.07) is 2.90. The number of methoxy groups -OCH3 is 1. The molecule has 0 aliphatic heterocycles. The number of hydrogen-bond acceptors (Lipinski definition) is 4. The van der Waals surface area contributed by atoms with E-state index in [1.807, 2.05) is 0 Å². The van der Waals surface area contributed by atoms with Gasteiger partial charge in [-0.3, -0.25) is 0 Å². The number of hydrogen-bond donors (Lipinski definition) is 3. The second-order valence-electron chi connectivity index (χ2n) is 2.81. The van der Waals surface area contributed by atoms with Crippen LogP contribution in [-0.2, 0) is 0 Å². The summed E-state index contributed by atoms with van der Waals surface area (Å²) in [7, 11) is 1.43. The van der Waals surface area contributed by atoms with Crippen molar-refractivity contribution in [3.63, 3.8) is 0 Å². The number of ether oxygens (including phenoxy) is 1. The van der Waals surface area contributed by atoms with Crippen LogP contribution in [0.15, 0.2) is 12.1 Å². The molecule has 78 valence electrons. The van der Waals surface area contributed by atoms with Crippen molar-refractivity contribution in [1.82, 2.24) is 0 Å². The van der Waals surface area contributed by atoms with E-state index in [0.29, 0.717) is 11.3 Å². The topological polar surface area (TPSA) is 75.7 Å². The van der Waals surface area contributed by atoms with Crippen molar-refractivity contribution in [2.45, 2.75) is 6.10 Å². The van der Waals surface area contributed by atoms with Gasteiger partial charge in [0.2, 0.25) is 0 Å². The molecule has 0 saturated heterocycles. The normalized spacial score (nSPS) is 12.6. The fourth-order valence-corrected chi connectivity index (χ4v) is 1.27. The SMILES string of the molecule is COc1cc(C(O)CN)cc(O)c1Cl. The second kappa shape index (κ2) is 4.50. The highest BCUT2D eigenvalue weighted by Gasteiger charge is 2.13. The molecule has 0 heterocycles. The quantitative estimate of drug-likeness (QED) is 0.707. The smallest absolute Gasteiger partial charge is 0.141 e. The molecule has 1 rings (SSSR count). The molecule has 1 aromatic carbocycles. The van der Waals surface area contributed by atoms with Crippen molar-refractivity contribution in [1.29, 1.82) is 0 Å². The van der Waals surface area contributed by atoms with Crippen molar-refractivity contribution in [3.05, 3.63) is 22.7 Å². The molecule has 0 fully saturated rings. The van der Waals surface area contributed by atoms with Gasteiger partial charge < -0.3 is 20.7 Å². The van der Waals surface area contributed by atoms with Gasteiger partial charge in [0.25, 0.3) is 0 Å². The predicted molar refractivity (Wildman–Crippen MR) is 53.7 cm³/mol. The Balaban J connectivity index is 3.16. The molecule has 0 aromatic heterocycles. The minimum atomic E-state index is -0.827. The number of aromatic hydroxyl groups is 1. The highest BCUT2D eigenvalue weighted by molar-refractivity contribution is 6.33. The number of aliphatic hydroxyl groups is 1. The van der Waals surface area contributed by atoms with Crippen LogP contribution in [0.1, 0.15) is 11.7 Å². The monoisotopic (exact) mass is 217 g/mol. The van der Waals surface area contributed by atoms with E-state index >= 15 is 0 Å². The molecule has 0 bridgehead atoms. The lowest BCUT2D eigenvalue weighted by atomic mass is 10.1. The number of phenols is 1. The number of halogens is 1. The molecule has 0 amide bonds. The summed E-state index contributed by atoms with van der Waals surface area (Å²) < 4.78 is 4.92. The largest absolute Gasteiger partial charge is 0.506 e. The summed E-state index contributed by atoms with van der Waals surface area (Å²) >= 11 is 5.73. The zero-order chi connectivity index (χ0) is 10.7. The standard InChI is InChI=1S/C9H12ClNO3/c1-14-8-3-5(7(13)4-11)2-6(12)9(8)10/h2-3,7,12-13H,4,11H2,1H3. The van der Waals surface area contributed by atoms with Gasteiger partial charge in [-0.15, -0.1) is 0 Å². The Morgan fingerprint density at radius 2 is 2.21 bits per heavy atom. The average Bonchev–Trinajstić information content (AvgIpc) is 2.20. The number of rotatable bonds is 3. The molecule has 1 aromatic rings. The Morgan fingerprint density at radius 1 is 1.57 bits per heavy atom. The first-order chi connectivity index (χ1) is 6.60. The van der Waals surface area contributed by atoms with Crippen LogP contribution < -0.4 is 10.5 Å². The lowest BCUT2D eigenvalue weighted by Crippen LogP contribution is -2.11. The molecule has 0 radical (unpaired) electrons. The van der Waals surface area contributed by atoms with Crippen LogP contribution in [0, 0.1) is 0 Å². The lowest BCUT2D eigenvalue weighted by Gasteiger charge is -2.12. The molecule has 4 nitrogen and oxygen atoms in total. The summed E-state index contributed by atoms with van der Waals surface area (Å²) in [5.41, 5.74) is 5.76. The van der Waals surface area contributed by atoms with Crippen LogP contribution in [0.5, 0.6) is 11.5 Å². The first kappa shape index (κ1) is 11.1. The second-order valence-corrected chi connectivity index (χ2v) is 3.19. The third-order valence-electron chi connectivity index (χ3n) is 1.87. The van der Waals surface area contributed by atoms with Gasteiger partial charge in [0.15, 0.2) is 0 Å². The summed E-state index contributed by atoms with van der Waals surface area (Å²) in [6.07, 6.45) is -0.827. The van der Waals surface area contributed by atoms with Crippen LogP contribution in [0.2, 0.25) is 5.02 Å². The van der Waals surface area contributed by atoms with Gasteiger partial charge in [0.05, 0.1) is 13.2 Å². The van der Waals surface area contributed by atoms with Crippen LogP contribution in [0.3, 0.4) is 0 Å². The molecule has 0 spiro atoms. The van der Waals surface area contributed by atoms with E-state index in [0.717, 1.165) is 0 Å². The van der Waals surface area contributed by atoms with Gasteiger partial charge in [-0.1, -0.05) is 11.6 Å². The highest BCUT2D eigenvalue weighted by atomic mass is 35.5. The Hall–Kier alpha value is -0.970. The highest BCUT2D eigenvalue weighted by Crippen LogP contribution is 2.35. The number of nitrogens with two attached hydrogens (primary N) is 1. The van der Waals surface area contributed by atoms with E-state index in [4.69, 9.17) is 22.1 Å². The average molecular weight is 218 g/mol. The molecule has 5 heteroatoms.